The lowest BCUT2D eigenvalue weighted by atomic mass is 10.1. The topological polar surface area (TPSA) is 87.3 Å². The number of benzene rings is 1. The summed E-state index contributed by atoms with van der Waals surface area (Å²) in [6, 6.07) is 6.76. The lowest BCUT2D eigenvalue weighted by Crippen LogP contribution is -2.45. The molecule has 0 bridgehead atoms. The maximum Gasteiger partial charge on any atom is 0.246 e. The Kier molecular flexibility index (Phi) is 5.91. The molecule has 0 unspecified atom stereocenters. The van der Waals surface area contributed by atoms with Gasteiger partial charge in [0.05, 0.1) is 6.54 Å². The SMILES string of the molecule is C[C@H]1NC(=O)CNC(=O)CCC/C=C\c2ccccc2NC1=O. The van der Waals surface area contributed by atoms with Gasteiger partial charge in [-0.05, 0) is 31.4 Å². The minimum Gasteiger partial charge on any atom is -0.347 e. The van der Waals surface area contributed by atoms with Crippen LogP contribution in [0.4, 0.5) is 5.69 Å². The van der Waals surface area contributed by atoms with Crippen molar-refractivity contribution >= 4 is 29.5 Å². The van der Waals surface area contributed by atoms with Crippen LogP contribution in [0.15, 0.2) is 30.3 Å². The van der Waals surface area contributed by atoms with E-state index in [1.807, 2.05) is 36.4 Å². The molecule has 0 radical (unpaired) electrons. The molecule has 1 aliphatic rings. The van der Waals surface area contributed by atoms with Crippen molar-refractivity contribution < 1.29 is 14.4 Å². The van der Waals surface area contributed by atoms with Crippen LogP contribution in [0.25, 0.3) is 6.08 Å². The zero-order valence-electron chi connectivity index (χ0n) is 13.1. The Balaban J connectivity index is 2.18. The predicted molar refractivity (Wildman–Crippen MR) is 88.6 cm³/mol. The molecule has 3 N–H and O–H groups in total. The molecule has 3 amide bonds. The van der Waals surface area contributed by atoms with Crippen molar-refractivity contribution in [3.63, 3.8) is 0 Å². The highest BCUT2D eigenvalue weighted by molar-refractivity contribution is 5.98. The summed E-state index contributed by atoms with van der Waals surface area (Å²) >= 11 is 0. The number of hydrogen-bond acceptors (Lipinski definition) is 3. The molecule has 0 aromatic heterocycles. The molecule has 0 aliphatic carbocycles. The predicted octanol–water partition coefficient (Wildman–Crippen LogP) is 1.44. The van der Waals surface area contributed by atoms with Crippen LogP contribution >= 0.6 is 0 Å². The lowest BCUT2D eigenvalue weighted by molar-refractivity contribution is -0.128. The molecule has 1 atom stereocenters. The maximum atomic E-state index is 12.2. The van der Waals surface area contributed by atoms with Crippen molar-refractivity contribution in [1.29, 1.82) is 0 Å². The molecule has 2 rings (SSSR count). The summed E-state index contributed by atoms with van der Waals surface area (Å²) in [4.78, 5) is 35.6. The molecule has 1 aromatic rings. The van der Waals surface area contributed by atoms with Crippen LogP contribution in [0.1, 0.15) is 31.7 Å². The number of anilines is 1. The van der Waals surface area contributed by atoms with E-state index in [1.54, 1.807) is 6.92 Å². The fourth-order valence-electron chi connectivity index (χ4n) is 2.21. The molecule has 0 spiro atoms. The van der Waals surface area contributed by atoms with Gasteiger partial charge in [-0.15, -0.1) is 0 Å². The van der Waals surface area contributed by atoms with Gasteiger partial charge in [0.2, 0.25) is 17.7 Å². The smallest absolute Gasteiger partial charge is 0.246 e. The first-order chi connectivity index (χ1) is 11.1. The van der Waals surface area contributed by atoms with Crippen LogP contribution in [0.3, 0.4) is 0 Å². The molecule has 6 nitrogen and oxygen atoms in total. The second-order valence-corrected chi connectivity index (χ2v) is 5.44. The Morgan fingerprint density at radius 3 is 2.70 bits per heavy atom. The normalized spacial score (nSPS) is 21.8. The summed E-state index contributed by atoms with van der Waals surface area (Å²) in [6.07, 6.45) is 5.72. The number of amides is 3. The number of hydrogen-bond donors (Lipinski definition) is 3. The number of allylic oxidation sites excluding steroid dienone is 1. The van der Waals surface area contributed by atoms with E-state index in [0.717, 1.165) is 12.0 Å². The summed E-state index contributed by atoms with van der Waals surface area (Å²) in [6.45, 7) is 1.48. The highest BCUT2D eigenvalue weighted by atomic mass is 16.2. The second-order valence-electron chi connectivity index (χ2n) is 5.44. The van der Waals surface area contributed by atoms with Crippen LogP contribution in [-0.2, 0) is 14.4 Å². The first-order valence-corrected chi connectivity index (χ1v) is 7.69. The Morgan fingerprint density at radius 1 is 1.09 bits per heavy atom. The highest BCUT2D eigenvalue weighted by Crippen LogP contribution is 2.17. The number of carbonyl (C=O) groups is 3. The van der Waals surface area contributed by atoms with Gasteiger partial charge in [-0.3, -0.25) is 14.4 Å². The van der Waals surface area contributed by atoms with E-state index in [9.17, 15) is 14.4 Å². The van der Waals surface area contributed by atoms with E-state index in [-0.39, 0.29) is 24.3 Å². The number of carbonyl (C=O) groups excluding carboxylic acids is 3. The number of nitrogens with one attached hydrogen (secondary N) is 3. The van der Waals surface area contributed by atoms with Crippen molar-refractivity contribution in [3.05, 3.63) is 35.9 Å². The first kappa shape index (κ1) is 16.7. The van der Waals surface area contributed by atoms with Crippen molar-refractivity contribution in [1.82, 2.24) is 10.6 Å². The van der Waals surface area contributed by atoms with E-state index in [4.69, 9.17) is 0 Å². The highest BCUT2D eigenvalue weighted by Gasteiger charge is 2.17. The van der Waals surface area contributed by atoms with Gasteiger partial charge in [0.25, 0.3) is 0 Å². The molecular formula is C17H21N3O3. The van der Waals surface area contributed by atoms with E-state index >= 15 is 0 Å². The fourth-order valence-corrected chi connectivity index (χ4v) is 2.21. The average molecular weight is 315 g/mol. The molecule has 0 fully saturated rings. The summed E-state index contributed by atoms with van der Waals surface area (Å²) in [5.74, 6) is -0.858. The van der Waals surface area contributed by atoms with Crippen LogP contribution < -0.4 is 16.0 Å². The lowest BCUT2D eigenvalue weighted by Gasteiger charge is -2.15. The third kappa shape index (κ3) is 5.25. The van der Waals surface area contributed by atoms with Crippen molar-refractivity contribution in [2.75, 3.05) is 11.9 Å². The van der Waals surface area contributed by atoms with Gasteiger partial charge in [-0.25, -0.2) is 0 Å². The molecule has 23 heavy (non-hydrogen) atoms. The molecule has 1 aromatic carbocycles. The maximum absolute atomic E-state index is 12.2. The Morgan fingerprint density at radius 2 is 1.87 bits per heavy atom. The number of para-hydroxylation sites is 1. The second kappa shape index (κ2) is 8.12. The van der Waals surface area contributed by atoms with Gasteiger partial charge in [0.1, 0.15) is 6.04 Å². The van der Waals surface area contributed by atoms with Gasteiger partial charge < -0.3 is 16.0 Å². The minimum atomic E-state index is -0.693. The average Bonchev–Trinajstić information content (AvgIpc) is 2.53. The molecule has 1 aliphatic heterocycles. The zero-order valence-corrected chi connectivity index (χ0v) is 13.1. The molecule has 1 heterocycles. The summed E-state index contributed by atoms with van der Waals surface area (Å²) in [7, 11) is 0. The standard InChI is InChI=1S/C17H21N3O3/c1-12-17(23)20-14-9-6-5-8-13(14)7-3-2-4-10-15(21)18-11-16(22)19-12/h3,5-9,12H,2,4,10-11H2,1H3,(H,18,21)(H,19,22)(H,20,23)/b7-3-/t12-/m1/s1. The summed E-state index contributed by atoms with van der Waals surface area (Å²) in [5, 5.41) is 7.93. The van der Waals surface area contributed by atoms with E-state index in [1.165, 1.54) is 0 Å². The Labute approximate surface area is 135 Å². The quantitative estimate of drug-likeness (QED) is 0.677. The van der Waals surface area contributed by atoms with Crippen LogP contribution in [0.2, 0.25) is 0 Å². The largest absolute Gasteiger partial charge is 0.347 e. The van der Waals surface area contributed by atoms with Crippen molar-refractivity contribution in [2.45, 2.75) is 32.2 Å². The third-order valence-electron chi connectivity index (χ3n) is 3.51. The Hall–Kier alpha value is -2.63. The zero-order chi connectivity index (χ0) is 16.7. The van der Waals surface area contributed by atoms with Gasteiger partial charge in [-0.1, -0.05) is 30.4 Å². The fraction of sp³-hybridized carbons (Fsp3) is 0.353. The van der Waals surface area contributed by atoms with Crippen molar-refractivity contribution in [2.24, 2.45) is 0 Å². The Bertz CT molecular complexity index is 625. The minimum absolute atomic E-state index is 0.122. The molecule has 6 heteroatoms. The molecule has 122 valence electrons. The molecule has 0 saturated carbocycles. The summed E-state index contributed by atoms with van der Waals surface area (Å²) < 4.78 is 0. The van der Waals surface area contributed by atoms with E-state index in [2.05, 4.69) is 16.0 Å². The van der Waals surface area contributed by atoms with Gasteiger partial charge in [-0.2, -0.15) is 0 Å². The van der Waals surface area contributed by atoms with E-state index < -0.39 is 6.04 Å². The van der Waals surface area contributed by atoms with Gasteiger partial charge in [0, 0.05) is 12.1 Å². The first-order valence-electron chi connectivity index (χ1n) is 7.69. The monoisotopic (exact) mass is 315 g/mol. The van der Waals surface area contributed by atoms with Crippen LogP contribution in [-0.4, -0.2) is 30.3 Å². The van der Waals surface area contributed by atoms with Gasteiger partial charge in [0.15, 0.2) is 0 Å². The summed E-state index contributed by atoms with van der Waals surface area (Å²) in [5.41, 5.74) is 1.58. The van der Waals surface area contributed by atoms with E-state index in [0.29, 0.717) is 18.5 Å². The van der Waals surface area contributed by atoms with Gasteiger partial charge >= 0.3 is 0 Å². The van der Waals surface area contributed by atoms with Crippen molar-refractivity contribution in [3.8, 4) is 0 Å². The molecular weight excluding hydrogens is 294 g/mol. The molecule has 0 saturated heterocycles. The number of fused-ring (bicyclic) bond motifs is 1. The number of rotatable bonds is 0. The van der Waals surface area contributed by atoms with Crippen LogP contribution in [0, 0.1) is 0 Å². The van der Waals surface area contributed by atoms with Crippen LogP contribution in [0.5, 0.6) is 0 Å². The third-order valence-corrected chi connectivity index (χ3v) is 3.51.